The third-order valence-corrected chi connectivity index (χ3v) is 6.40. The zero-order chi connectivity index (χ0) is 23.9. The lowest BCUT2D eigenvalue weighted by atomic mass is 10.1. The van der Waals surface area contributed by atoms with Crippen LogP contribution in [0.15, 0.2) is 49.2 Å². The summed E-state index contributed by atoms with van der Waals surface area (Å²) in [4.78, 5) is 22.0. The number of rotatable bonds is 7. The number of halogens is 1. The van der Waals surface area contributed by atoms with Crippen molar-refractivity contribution in [3.8, 4) is 17.2 Å². The van der Waals surface area contributed by atoms with E-state index < -0.39 is 11.7 Å². The van der Waals surface area contributed by atoms with Crippen molar-refractivity contribution >= 4 is 11.6 Å². The fourth-order valence-electron chi connectivity index (χ4n) is 4.22. The summed E-state index contributed by atoms with van der Waals surface area (Å²) in [6, 6.07) is 8.13. The molecule has 1 saturated carbocycles. The molecule has 3 aromatic heterocycles. The predicted octanol–water partition coefficient (Wildman–Crippen LogP) is 3.75. The molecule has 1 amide bonds. The van der Waals surface area contributed by atoms with Gasteiger partial charge in [-0.15, -0.1) is 10.2 Å². The van der Waals surface area contributed by atoms with Crippen LogP contribution in [0.4, 0.5) is 10.1 Å². The van der Waals surface area contributed by atoms with Crippen LogP contribution >= 0.6 is 0 Å². The molecule has 10 heteroatoms. The normalized spacial score (nSPS) is 15.7. The van der Waals surface area contributed by atoms with Crippen molar-refractivity contribution in [3.63, 3.8) is 0 Å². The first-order valence-corrected chi connectivity index (χ1v) is 11.6. The van der Waals surface area contributed by atoms with Crippen LogP contribution in [0.2, 0.25) is 0 Å². The Bertz CT molecular complexity index is 1400. The zero-order valence-electron chi connectivity index (χ0n) is 19.2. The first-order valence-electron chi connectivity index (χ1n) is 11.6. The molecule has 1 aliphatic heterocycles. The summed E-state index contributed by atoms with van der Waals surface area (Å²) >= 11 is 0. The second-order valence-electron chi connectivity index (χ2n) is 9.17. The van der Waals surface area contributed by atoms with E-state index in [1.165, 1.54) is 6.07 Å². The molecule has 2 fully saturated rings. The van der Waals surface area contributed by atoms with E-state index in [1.54, 1.807) is 36.9 Å². The summed E-state index contributed by atoms with van der Waals surface area (Å²) in [5, 5.41) is 10.9. The van der Waals surface area contributed by atoms with E-state index in [0.717, 1.165) is 29.8 Å². The lowest BCUT2D eigenvalue weighted by molar-refractivity contribution is -0.0392. The topological polar surface area (TPSA) is 99.8 Å². The fraction of sp³-hybridized carbons (Fsp3) is 0.320. The van der Waals surface area contributed by atoms with E-state index in [4.69, 9.17) is 4.74 Å². The molecule has 178 valence electrons. The number of anilines is 1. The average Bonchev–Trinajstić information content (AvgIpc) is 3.37. The van der Waals surface area contributed by atoms with Gasteiger partial charge in [-0.25, -0.2) is 14.4 Å². The van der Waals surface area contributed by atoms with E-state index in [2.05, 4.69) is 25.5 Å². The molecule has 0 radical (unpaired) electrons. The second-order valence-corrected chi connectivity index (χ2v) is 9.17. The number of nitrogens with one attached hydrogen (secondary N) is 1. The third-order valence-electron chi connectivity index (χ3n) is 6.40. The molecule has 0 atom stereocenters. The number of amides is 1. The van der Waals surface area contributed by atoms with Gasteiger partial charge in [0.05, 0.1) is 36.6 Å². The predicted molar refractivity (Wildman–Crippen MR) is 126 cm³/mol. The molecule has 1 aliphatic carbocycles. The number of aryl methyl sites for hydroxylation is 1. The second kappa shape index (κ2) is 8.70. The molecular weight excluding hydrogens is 449 g/mol. The Morgan fingerprint density at radius 2 is 2.09 bits per heavy atom. The van der Waals surface area contributed by atoms with Crippen molar-refractivity contribution in [1.29, 1.82) is 0 Å². The van der Waals surface area contributed by atoms with Gasteiger partial charge in [0.15, 0.2) is 5.82 Å². The molecule has 0 bridgehead atoms. The number of ether oxygens (including phenoxy) is 1. The van der Waals surface area contributed by atoms with Gasteiger partial charge in [-0.05, 0) is 49.6 Å². The van der Waals surface area contributed by atoms with Crippen LogP contribution < -0.4 is 5.32 Å². The number of hydrogen-bond acceptors (Lipinski definition) is 6. The number of carbonyl (C=O) groups is 1. The highest BCUT2D eigenvalue weighted by molar-refractivity contribution is 6.03. The van der Waals surface area contributed by atoms with Crippen molar-refractivity contribution in [2.24, 2.45) is 5.92 Å². The van der Waals surface area contributed by atoms with Crippen LogP contribution in [-0.4, -0.2) is 48.4 Å². The molecular formula is C25H24FN7O2. The highest BCUT2D eigenvalue weighted by Crippen LogP contribution is 2.39. The number of imidazole rings is 1. The summed E-state index contributed by atoms with van der Waals surface area (Å²) in [5.74, 6) is 0.471. The monoisotopic (exact) mass is 473 g/mol. The molecule has 35 heavy (non-hydrogen) atoms. The van der Waals surface area contributed by atoms with Crippen LogP contribution in [0.1, 0.15) is 40.5 Å². The van der Waals surface area contributed by atoms with Gasteiger partial charge in [0.25, 0.3) is 5.91 Å². The minimum atomic E-state index is -0.513. The smallest absolute Gasteiger partial charge is 0.274 e. The van der Waals surface area contributed by atoms with E-state index in [-0.39, 0.29) is 11.4 Å². The molecule has 1 aromatic carbocycles. The summed E-state index contributed by atoms with van der Waals surface area (Å²) in [6.45, 7) is 3.96. The minimum absolute atomic E-state index is 0.0811. The van der Waals surface area contributed by atoms with Crippen LogP contribution in [0.5, 0.6) is 0 Å². The SMILES string of the molecule is Cc1cc(F)c(NC(=O)c2cccc(-c3nncn3CC3COC3)n2)cc1-n1cnc(C2CC2)c1. The van der Waals surface area contributed by atoms with Gasteiger partial charge >= 0.3 is 0 Å². The molecule has 2 aliphatic rings. The molecule has 9 nitrogen and oxygen atoms in total. The molecule has 4 aromatic rings. The van der Waals surface area contributed by atoms with Crippen molar-refractivity contribution in [2.45, 2.75) is 32.2 Å². The Balaban J connectivity index is 1.24. The Morgan fingerprint density at radius 1 is 1.23 bits per heavy atom. The maximum atomic E-state index is 14.8. The number of nitrogens with zero attached hydrogens (tertiary/aromatic N) is 6. The maximum absolute atomic E-state index is 14.8. The molecule has 1 N–H and O–H groups in total. The van der Waals surface area contributed by atoms with Gasteiger partial charge < -0.3 is 19.2 Å². The van der Waals surface area contributed by atoms with Gasteiger partial charge in [0, 0.05) is 24.6 Å². The Morgan fingerprint density at radius 3 is 2.86 bits per heavy atom. The van der Waals surface area contributed by atoms with Crippen LogP contribution in [0.3, 0.4) is 0 Å². The van der Waals surface area contributed by atoms with Crippen molar-refractivity contribution in [1.82, 2.24) is 29.3 Å². The number of aromatic nitrogens is 6. The van der Waals surface area contributed by atoms with Crippen LogP contribution in [0.25, 0.3) is 17.2 Å². The molecule has 1 saturated heterocycles. The lowest BCUT2D eigenvalue weighted by Gasteiger charge is -2.26. The fourth-order valence-corrected chi connectivity index (χ4v) is 4.22. The van der Waals surface area contributed by atoms with Crippen LogP contribution in [0, 0.1) is 18.7 Å². The first kappa shape index (κ1) is 21.6. The molecule has 0 spiro atoms. The largest absolute Gasteiger partial charge is 0.381 e. The number of hydrogen-bond donors (Lipinski definition) is 1. The number of carbonyl (C=O) groups excluding carboxylic acids is 1. The van der Waals surface area contributed by atoms with Gasteiger partial charge in [-0.2, -0.15) is 0 Å². The van der Waals surface area contributed by atoms with E-state index in [1.807, 2.05) is 22.3 Å². The lowest BCUT2D eigenvalue weighted by Crippen LogP contribution is -2.31. The van der Waals surface area contributed by atoms with Crippen molar-refractivity contribution < 1.29 is 13.9 Å². The molecule has 4 heterocycles. The van der Waals surface area contributed by atoms with E-state index in [0.29, 0.717) is 43.1 Å². The van der Waals surface area contributed by atoms with Gasteiger partial charge in [-0.1, -0.05) is 6.07 Å². The van der Waals surface area contributed by atoms with E-state index in [9.17, 15) is 9.18 Å². The third kappa shape index (κ3) is 4.32. The Kier molecular flexibility index (Phi) is 5.37. The summed E-state index contributed by atoms with van der Waals surface area (Å²) in [7, 11) is 0. The standard InChI is InChI=1S/C25H24FN7O2/c1-15-7-18(26)21(8-23(15)32-10-22(27-13-32)17-5-6-17)30-25(34)20-4-2-3-19(29-20)24-31-28-14-33(24)9-16-11-35-12-16/h2-4,7-8,10,13-14,16-17H,5-6,9,11-12H2,1H3,(H,30,34). The zero-order valence-corrected chi connectivity index (χ0v) is 19.2. The summed E-state index contributed by atoms with van der Waals surface area (Å²) in [5.41, 5.74) is 3.30. The van der Waals surface area contributed by atoms with Crippen molar-refractivity contribution in [2.75, 3.05) is 18.5 Å². The maximum Gasteiger partial charge on any atom is 0.274 e. The van der Waals surface area contributed by atoms with E-state index >= 15 is 0 Å². The van der Waals surface area contributed by atoms with Gasteiger partial charge in [0.2, 0.25) is 0 Å². The highest BCUT2D eigenvalue weighted by Gasteiger charge is 2.26. The van der Waals surface area contributed by atoms with Gasteiger partial charge in [0.1, 0.15) is 23.5 Å². The minimum Gasteiger partial charge on any atom is -0.381 e. The summed E-state index contributed by atoms with van der Waals surface area (Å²) in [6.07, 6.45) is 7.66. The Hall–Kier alpha value is -3.92. The molecule has 6 rings (SSSR count). The molecule has 0 unspecified atom stereocenters. The summed E-state index contributed by atoms with van der Waals surface area (Å²) < 4.78 is 23.8. The highest BCUT2D eigenvalue weighted by atomic mass is 19.1. The first-order chi connectivity index (χ1) is 17.0. The Labute approximate surface area is 201 Å². The number of benzene rings is 1. The van der Waals surface area contributed by atoms with Crippen LogP contribution in [-0.2, 0) is 11.3 Å². The van der Waals surface area contributed by atoms with Gasteiger partial charge in [-0.3, -0.25) is 4.79 Å². The number of pyridine rings is 1. The van der Waals surface area contributed by atoms with Crippen molar-refractivity contribution in [3.05, 3.63) is 72.0 Å². The quantitative estimate of drug-likeness (QED) is 0.439. The average molecular weight is 474 g/mol.